The molecule has 1 heterocycles. The number of nitro groups is 1. The molecule has 5 aromatic carbocycles. The van der Waals surface area contributed by atoms with Crippen molar-refractivity contribution < 1.29 is 9.72 Å². The van der Waals surface area contributed by atoms with Gasteiger partial charge in [-0.15, -0.1) is 0 Å². The molecule has 2 atom stereocenters. The molecule has 0 bridgehead atoms. The van der Waals surface area contributed by atoms with E-state index in [4.69, 9.17) is 0 Å². The molecule has 2 unspecified atom stereocenters. The minimum atomic E-state index is -0.816. The van der Waals surface area contributed by atoms with E-state index >= 15 is 4.79 Å². The number of nitro benzene ring substituents is 1. The average Bonchev–Trinajstić information content (AvgIpc) is 3.23. The number of fused-ring (bicyclic) bond motifs is 3. The van der Waals surface area contributed by atoms with Crippen molar-refractivity contribution in [2.45, 2.75) is 24.8 Å². The van der Waals surface area contributed by atoms with Gasteiger partial charge in [0.25, 0.3) is 5.69 Å². The molecule has 0 N–H and O–H groups in total. The number of Topliss-reactive ketones (excluding diaryl/α,β-unsaturated/α-hetero) is 1. The van der Waals surface area contributed by atoms with Gasteiger partial charge in [0.1, 0.15) is 0 Å². The van der Waals surface area contributed by atoms with Gasteiger partial charge in [0.15, 0.2) is 5.78 Å². The molecule has 0 fully saturated rings. The Kier molecular flexibility index (Phi) is 6.36. The van der Waals surface area contributed by atoms with Crippen LogP contribution in [0.3, 0.4) is 0 Å². The van der Waals surface area contributed by atoms with Crippen LogP contribution in [0.1, 0.15) is 40.9 Å². The summed E-state index contributed by atoms with van der Waals surface area (Å²) in [6, 6.07) is 39.1. The first kappa shape index (κ1) is 27.5. The highest BCUT2D eigenvalue weighted by molar-refractivity contribution is 6.11. The number of likely N-dealkylation sites (N-methyl/N-ethyl adjacent to an activating group) is 1. The lowest BCUT2D eigenvalue weighted by Crippen LogP contribution is -2.61. The zero-order chi connectivity index (χ0) is 30.6. The summed E-state index contributed by atoms with van der Waals surface area (Å²) in [7, 11) is 2.10. The van der Waals surface area contributed by atoms with E-state index in [0.717, 1.165) is 33.3 Å². The second kappa shape index (κ2) is 10.2. The molecule has 1 spiro atoms. The van der Waals surface area contributed by atoms with E-state index in [1.807, 2.05) is 48.5 Å². The van der Waals surface area contributed by atoms with Crippen LogP contribution in [0.2, 0.25) is 0 Å². The molecule has 0 amide bonds. The zero-order valence-electron chi connectivity index (χ0n) is 24.9. The van der Waals surface area contributed by atoms with Crippen LogP contribution in [0, 0.1) is 16.0 Å². The fourth-order valence-corrected chi connectivity index (χ4v) is 7.63. The van der Waals surface area contributed by atoms with Crippen LogP contribution in [0.15, 0.2) is 133 Å². The van der Waals surface area contributed by atoms with E-state index in [1.54, 1.807) is 12.1 Å². The summed E-state index contributed by atoms with van der Waals surface area (Å²) in [6.45, 7) is 4.51. The number of rotatable bonds is 5. The topological polar surface area (TPSA) is 63.4 Å². The highest BCUT2D eigenvalue weighted by atomic mass is 16.6. The summed E-state index contributed by atoms with van der Waals surface area (Å²) in [5.41, 5.74) is 5.27. The monoisotopic (exact) mass is 576 g/mol. The lowest BCUT2D eigenvalue weighted by atomic mass is 9.57. The van der Waals surface area contributed by atoms with Gasteiger partial charge in [0.2, 0.25) is 0 Å². The Bertz CT molecular complexity index is 1990. The van der Waals surface area contributed by atoms with E-state index in [-0.39, 0.29) is 11.5 Å². The minimum absolute atomic E-state index is 0.00982. The zero-order valence-corrected chi connectivity index (χ0v) is 24.9. The summed E-state index contributed by atoms with van der Waals surface area (Å²) >= 11 is 0. The molecule has 5 aromatic rings. The van der Waals surface area contributed by atoms with Crippen LogP contribution < -0.4 is 4.90 Å². The second-order valence-electron chi connectivity index (χ2n) is 12.2. The highest BCUT2D eigenvalue weighted by Crippen LogP contribution is 2.61. The molecule has 1 aliphatic heterocycles. The first-order valence-corrected chi connectivity index (χ1v) is 14.8. The average molecular weight is 577 g/mol. The lowest BCUT2D eigenvalue weighted by molar-refractivity contribution is -0.384. The molecule has 2 aliphatic rings. The van der Waals surface area contributed by atoms with Crippen molar-refractivity contribution in [3.8, 4) is 0 Å². The van der Waals surface area contributed by atoms with Gasteiger partial charge in [0, 0.05) is 35.8 Å². The molecule has 5 nitrogen and oxygen atoms in total. The minimum Gasteiger partial charge on any atom is -0.363 e. The lowest BCUT2D eigenvalue weighted by Gasteiger charge is -2.52. The SMILES string of the molecule is CN1c2ccc3ccccc3c2C(C)(C)C12C=C(c1ccccc1)C=C(c1ccc([N+](=O)[O-])cc1)C2C(=O)c1ccccc1. The number of carbonyl (C=O) groups excluding carboxylic acids is 1. The molecule has 7 rings (SSSR count). The van der Waals surface area contributed by atoms with E-state index in [9.17, 15) is 10.1 Å². The summed E-state index contributed by atoms with van der Waals surface area (Å²) < 4.78 is 0. The smallest absolute Gasteiger partial charge is 0.269 e. The molecule has 0 saturated heterocycles. The van der Waals surface area contributed by atoms with Crippen molar-refractivity contribution in [1.82, 2.24) is 0 Å². The number of ketones is 1. The third-order valence-electron chi connectivity index (χ3n) is 9.73. The number of hydrogen-bond donors (Lipinski definition) is 0. The molecular formula is C39H32N2O3. The Morgan fingerprint density at radius 1 is 0.773 bits per heavy atom. The number of nitrogens with zero attached hydrogens (tertiary/aromatic N) is 2. The van der Waals surface area contributed by atoms with Gasteiger partial charge in [-0.2, -0.15) is 0 Å². The fraction of sp³-hybridized carbons (Fsp3) is 0.154. The first-order valence-electron chi connectivity index (χ1n) is 14.8. The van der Waals surface area contributed by atoms with Crippen LogP contribution in [-0.4, -0.2) is 23.3 Å². The largest absolute Gasteiger partial charge is 0.363 e. The summed E-state index contributed by atoms with van der Waals surface area (Å²) in [5.74, 6) is -0.611. The molecule has 216 valence electrons. The van der Waals surface area contributed by atoms with Crippen molar-refractivity contribution in [2.24, 2.45) is 5.92 Å². The van der Waals surface area contributed by atoms with Crippen molar-refractivity contribution in [2.75, 3.05) is 11.9 Å². The fourth-order valence-electron chi connectivity index (χ4n) is 7.63. The number of non-ortho nitro benzene ring substituents is 1. The first-order chi connectivity index (χ1) is 21.2. The van der Waals surface area contributed by atoms with E-state index in [2.05, 4.69) is 86.5 Å². The van der Waals surface area contributed by atoms with Gasteiger partial charge in [-0.1, -0.05) is 105 Å². The molecule has 0 aromatic heterocycles. The maximum Gasteiger partial charge on any atom is 0.269 e. The Labute approximate surface area is 256 Å². The van der Waals surface area contributed by atoms with Crippen molar-refractivity contribution in [3.05, 3.63) is 166 Å². The van der Waals surface area contributed by atoms with Crippen molar-refractivity contribution in [3.63, 3.8) is 0 Å². The normalized spacial score (nSPS) is 20.2. The molecule has 0 saturated carbocycles. The predicted octanol–water partition coefficient (Wildman–Crippen LogP) is 8.89. The van der Waals surface area contributed by atoms with Gasteiger partial charge in [-0.05, 0) is 69.0 Å². The molecule has 5 heteroatoms. The van der Waals surface area contributed by atoms with Gasteiger partial charge in [0.05, 0.1) is 16.4 Å². The van der Waals surface area contributed by atoms with Gasteiger partial charge in [-0.3, -0.25) is 14.9 Å². The number of carbonyl (C=O) groups is 1. The number of allylic oxidation sites excluding steroid dienone is 2. The summed E-state index contributed by atoms with van der Waals surface area (Å²) in [4.78, 5) is 28.5. The summed E-state index contributed by atoms with van der Waals surface area (Å²) in [5, 5.41) is 13.9. The van der Waals surface area contributed by atoms with Crippen molar-refractivity contribution >= 4 is 39.1 Å². The molecular weight excluding hydrogens is 544 g/mol. The number of hydrogen-bond acceptors (Lipinski definition) is 4. The Balaban J connectivity index is 1.56. The number of anilines is 1. The van der Waals surface area contributed by atoms with Crippen molar-refractivity contribution in [1.29, 1.82) is 0 Å². The van der Waals surface area contributed by atoms with E-state index < -0.39 is 21.8 Å². The van der Waals surface area contributed by atoms with Gasteiger partial charge in [-0.25, -0.2) is 0 Å². The quantitative estimate of drug-likeness (QED) is 0.119. The number of benzene rings is 5. The Morgan fingerprint density at radius 2 is 1.41 bits per heavy atom. The molecule has 0 radical (unpaired) electrons. The standard InChI is InChI=1S/C39H32N2O3/c1-38(2)35-32-17-11-10-14-27(32)20-23-34(35)40(3)39(38)25-30(26-12-6-4-7-13-26)24-33(28-18-21-31(22-19-28)41(43)44)36(39)37(42)29-15-8-5-9-16-29/h4-25,36H,1-3H3. The van der Waals surface area contributed by atoms with Crippen LogP contribution in [0.5, 0.6) is 0 Å². The maximum absolute atomic E-state index is 15.0. The van der Waals surface area contributed by atoms with Gasteiger partial charge < -0.3 is 4.90 Å². The highest BCUT2D eigenvalue weighted by Gasteiger charge is 2.62. The van der Waals surface area contributed by atoms with Crippen LogP contribution >= 0.6 is 0 Å². The molecule has 44 heavy (non-hydrogen) atoms. The van der Waals surface area contributed by atoms with Crippen LogP contribution in [-0.2, 0) is 5.41 Å². The Morgan fingerprint density at radius 3 is 2.09 bits per heavy atom. The predicted molar refractivity (Wildman–Crippen MR) is 178 cm³/mol. The van der Waals surface area contributed by atoms with E-state index in [0.29, 0.717) is 5.56 Å². The van der Waals surface area contributed by atoms with Crippen LogP contribution in [0.25, 0.3) is 21.9 Å². The third-order valence-corrected chi connectivity index (χ3v) is 9.73. The van der Waals surface area contributed by atoms with Gasteiger partial charge >= 0.3 is 0 Å². The van der Waals surface area contributed by atoms with E-state index in [1.165, 1.54) is 23.1 Å². The van der Waals surface area contributed by atoms with Crippen LogP contribution in [0.4, 0.5) is 11.4 Å². The summed E-state index contributed by atoms with van der Waals surface area (Å²) in [6.07, 6.45) is 4.41. The maximum atomic E-state index is 15.0. The Hall–Kier alpha value is -5.29. The second-order valence-corrected chi connectivity index (χ2v) is 12.2. The third kappa shape index (κ3) is 3.96. The molecule has 1 aliphatic carbocycles.